The van der Waals surface area contributed by atoms with E-state index in [1.165, 1.54) is 18.4 Å². The summed E-state index contributed by atoms with van der Waals surface area (Å²) in [5.41, 5.74) is 2.71. The minimum atomic E-state index is 0.0694. The van der Waals surface area contributed by atoms with Gasteiger partial charge in [-0.25, -0.2) is 4.68 Å². The molecule has 0 atom stereocenters. The highest BCUT2D eigenvalue weighted by Gasteiger charge is 2.08. The van der Waals surface area contributed by atoms with E-state index in [0.717, 1.165) is 26.1 Å². The lowest BCUT2D eigenvalue weighted by Crippen LogP contribution is -2.13. The second-order valence-corrected chi connectivity index (χ2v) is 7.52. The maximum Gasteiger partial charge on any atom is 0.206 e. The van der Waals surface area contributed by atoms with Crippen LogP contribution in [0.1, 0.15) is 5.56 Å². The van der Waals surface area contributed by atoms with Crippen LogP contribution in [0.3, 0.4) is 0 Å². The van der Waals surface area contributed by atoms with Crippen LogP contribution in [0.2, 0.25) is 0 Å². The van der Waals surface area contributed by atoms with Crippen LogP contribution < -0.4 is 9.54 Å². The second kappa shape index (κ2) is 9.68. The molecule has 0 bridgehead atoms. The van der Waals surface area contributed by atoms with Crippen LogP contribution in [0.15, 0.2) is 62.4 Å². The molecule has 1 N–H and O–H groups in total. The summed E-state index contributed by atoms with van der Waals surface area (Å²) in [7, 11) is 3.17. The van der Waals surface area contributed by atoms with Gasteiger partial charge in [-0.3, -0.25) is 4.99 Å². The summed E-state index contributed by atoms with van der Waals surface area (Å²) in [6.45, 7) is 1.09. The van der Waals surface area contributed by atoms with Crippen LogP contribution in [0.25, 0.3) is 11.3 Å². The van der Waals surface area contributed by atoms with Crippen molar-refractivity contribution in [1.29, 1.82) is 0 Å². The van der Waals surface area contributed by atoms with E-state index in [2.05, 4.69) is 26.0 Å². The van der Waals surface area contributed by atoms with Gasteiger partial charge in [-0.05, 0) is 35.9 Å². The Bertz CT molecular complexity index is 1030. The van der Waals surface area contributed by atoms with Crippen molar-refractivity contribution < 1.29 is 14.6 Å². The van der Waals surface area contributed by atoms with Crippen LogP contribution in [-0.4, -0.2) is 43.4 Å². The van der Waals surface area contributed by atoms with Crippen molar-refractivity contribution in [3.8, 4) is 22.8 Å². The van der Waals surface area contributed by atoms with Crippen LogP contribution in [-0.2, 0) is 4.74 Å². The highest BCUT2D eigenvalue weighted by atomic mass is 79.9. The standard InChI is InChI=1S/C20H20BrN3O3S/c1-26-10-9-22-20-24(17(13-28-20)15-4-6-16(21)7-5-15)23-12-14-3-8-19(27-2)18(25)11-14/h3-8,11-13,25H,9-10H2,1-2H3/b22-20?,23-12+. The highest BCUT2D eigenvalue weighted by molar-refractivity contribution is 9.10. The van der Waals surface area contributed by atoms with Crippen LogP contribution in [0.4, 0.5) is 0 Å². The number of hydrogen-bond acceptors (Lipinski definition) is 6. The van der Waals surface area contributed by atoms with Crippen molar-refractivity contribution in [2.24, 2.45) is 10.1 Å². The molecule has 1 heterocycles. The lowest BCUT2D eigenvalue weighted by atomic mass is 10.2. The number of ether oxygens (including phenoxy) is 2. The van der Waals surface area contributed by atoms with Gasteiger partial charge >= 0.3 is 0 Å². The molecule has 28 heavy (non-hydrogen) atoms. The van der Waals surface area contributed by atoms with Crippen molar-refractivity contribution in [3.05, 3.63) is 62.7 Å². The number of aromatic hydroxyl groups is 1. The molecule has 0 fully saturated rings. The molecular weight excluding hydrogens is 442 g/mol. The van der Waals surface area contributed by atoms with Crippen molar-refractivity contribution in [2.75, 3.05) is 27.4 Å². The summed E-state index contributed by atoms with van der Waals surface area (Å²) >= 11 is 4.98. The molecule has 8 heteroatoms. The molecule has 0 aliphatic carbocycles. The van der Waals surface area contributed by atoms with E-state index in [1.807, 2.05) is 35.7 Å². The fourth-order valence-corrected chi connectivity index (χ4v) is 3.61. The first-order valence-corrected chi connectivity index (χ1v) is 10.2. The van der Waals surface area contributed by atoms with E-state index in [9.17, 15) is 5.11 Å². The SMILES string of the molecule is COCCN=c1scc(-c2ccc(Br)cc2)n1/N=C/c1ccc(OC)c(O)c1. The summed E-state index contributed by atoms with van der Waals surface area (Å²) < 4.78 is 13.0. The summed E-state index contributed by atoms with van der Waals surface area (Å²) in [6, 6.07) is 13.2. The number of benzene rings is 2. The smallest absolute Gasteiger partial charge is 0.206 e. The Hall–Kier alpha value is -2.42. The fourth-order valence-electron chi connectivity index (χ4n) is 2.48. The van der Waals surface area contributed by atoms with Gasteiger partial charge in [0, 0.05) is 22.5 Å². The number of halogens is 1. The van der Waals surface area contributed by atoms with Gasteiger partial charge in [0.25, 0.3) is 0 Å². The van der Waals surface area contributed by atoms with E-state index >= 15 is 0 Å². The van der Waals surface area contributed by atoms with Crippen LogP contribution in [0, 0.1) is 0 Å². The monoisotopic (exact) mass is 461 g/mol. The van der Waals surface area contributed by atoms with Gasteiger partial charge in [-0.2, -0.15) is 5.10 Å². The third kappa shape index (κ3) is 4.89. The first-order valence-electron chi connectivity index (χ1n) is 8.49. The molecule has 0 aliphatic heterocycles. The zero-order chi connectivity index (χ0) is 19.9. The topological polar surface area (TPSA) is 68.3 Å². The fraction of sp³-hybridized carbons (Fsp3) is 0.200. The zero-order valence-corrected chi connectivity index (χ0v) is 17.9. The predicted octanol–water partition coefficient (Wildman–Crippen LogP) is 4.12. The quantitative estimate of drug-likeness (QED) is 0.424. The number of aromatic nitrogens is 1. The highest BCUT2D eigenvalue weighted by Crippen LogP contribution is 2.26. The van der Waals surface area contributed by atoms with Crippen molar-refractivity contribution in [2.45, 2.75) is 0 Å². The van der Waals surface area contributed by atoms with E-state index in [0.29, 0.717) is 18.9 Å². The van der Waals surface area contributed by atoms with E-state index in [1.54, 1.807) is 30.1 Å². The first-order chi connectivity index (χ1) is 13.6. The molecule has 0 spiro atoms. The minimum Gasteiger partial charge on any atom is -0.504 e. The molecule has 146 valence electrons. The zero-order valence-electron chi connectivity index (χ0n) is 15.5. The third-order valence-electron chi connectivity index (χ3n) is 3.89. The Morgan fingerprint density at radius 1 is 1.18 bits per heavy atom. The molecule has 3 rings (SSSR count). The molecule has 0 radical (unpaired) electrons. The van der Waals surface area contributed by atoms with E-state index in [-0.39, 0.29) is 5.75 Å². The molecule has 0 aliphatic rings. The second-order valence-electron chi connectivity index (χ2n) is 5.77. The maximum absolute atomic E-state index is 9.98. The van der Waals surface area contributed by atoms with E-state index in [4.69, 9.17) is 9.47 Å². The van der Waals surface area contributed by atoms with Crippen LogP contribution in [0.5, 0.6) is 11.5 Å². The maximum atomic E-state index is 9.98. The molecule has 0 unspecified atom stereocenters. The number of rotatable bonds is 7. The lowest BCUT2D eigenvalue weighted by Gasteiger charge is -2.05. The van der Waals surface area contributed by atoms with Crippen LogP contribution >= 0.6 is 27.3 Å². The summed E-state index contributed by atoms with van der Waals surface area (Å²) in [5, 5.41) is 16.6. The number of nitrogens with zero attached hydrogens (tertiary/aromatic N) is 3. The van der Waals surface area contributed by atoms with Crippen molar-refractivity contribution in [1.82, 2.24) is 4.68 Å². The Morgan fingerprint density at radius 2 is 1.96 bits per heavy atom. The van der Waals surface area contributed by atoms with Crippen molar-refractivity contribution >= 4 is 33.5 Å². The number of methoxy groups -OCH3 is 2. The number of hydrogen-bond donors (Lipinski definition) is 1. The summed E-state index contributed by atoms with van der Waals surface area (Å²) in [4.78, 5) is 5.35. The molecule has 0 saturated carbocycles. The Balaban J connectivity index is 2.01. The number of phenolic OH excluding ortho intramolecular Hbond substituents is 1. The summed E-state index contributed by atoms with van der Waals surface area (Å²) in [6.07, 6.45) is 1.68. The molecule has 3 aromatic rings. The Morgan fingerprint density at radius 3 is 2.64 bits per heavy atom. The Labute approximate surface area is 175 Å². The van der Waals surface area contributed by atoms with Gasteiger partial charge in [-0.1, -0.05) is 28.1 Å². The average Bonchev–Trinajstić information content (AvgIpc) is 3.10. The molecular formula is C20H20BrN3O3S. The van der Waals surface area contributed by atoms with Gasteiger partial charge < -0.3 is 14.6 Å². The molecule has 1 aromatic heterocycles. The number of phenols is 1. The average molecular weight is 462 g/mol. The Kier molecular flexibility index (Phi) is 7.02. The van der Waals surface area contributed by atoms with Crippen molar-refractivity contribution in [3.63, 3.8) is 0 Å². The van der Waals surface area contributed by atoms with Gasteiger partial charge in [0.1, 0.15) is 0 Å². The van der Waals surface area contributed by atoms with Gasteiger partial charge in [0.15, 0.2) is 11.5 Å². The van der Waals surface area contributed by atoms with Gasteiger partial charge in [0.2, 0.25) is 4.80 Å². The molecule has 0 amide bonds. The molecule has 2 aromatic carbocycles. The first kappa shape index (κ1) is 20.3. The van der Waals surface area contributed by atoms with Gasteiger partial charge in [0.05, 0.1) is 32.2 Å². The minimum absolute atomic E-state index is 0.0694. The largest absolute Gasteiger partial charge is 0.504 e. The number of thiazole rings is 1. The molecule has 6 nitrogen and oxygen atoms in total. The summed E-state index contributed by atoms with van der Waals surface area (Å²) in [5.74, 6) is 0.492. The third-order valence-corrected chi connectivity index (χ3v) is 5.28. The normalized spacial score (nSPS) is 12.0. The molecule has 0 saturated heterocycles. The van der Waals surface area contributed by atoms with E-state index < -0.39 is 0 Å². The lowest BCUT2D eigenvalue weighted by molar-refractivity contribution is 0.207. The van der Waals surface area contributed by atoms with Gasteiger partial charge in [-0.15, -0.1) is 11.3 Å². The predicted molar refractivity (Wildman–Crippen MR) is 115 cm³/mol.